The van der Waals surface area contributed by atoms with Gasteiger partial charge in [0.25, 0.3) is 10.0 Å². The molecule has 0 fully saturated rings. The third-order valence-corrected chi connectivity index (χ3v) is 6.05. The second-order valence-electron chi connectivity index (χ2n) is 7.01. The molecular weight excluding hydrogens is 434 g/mol. The number of amidine groups is 1. The van der Waals surface area contributed by atoms with Crippen LogP contribution in [0.1, 0.15) is 30.7 Å². The highest BCUT2D eigenvalue weighted by atomic mass is 32.2. The van der Waals surface area contributed by atoms with E-state index in [0.717, 1.165) is 5.56 Å². The zero-order valence-electron chi connectivity index (χ0n) is 17.1. The standard InChI is InChI=1S/C21H21N5O5S/c27-19(10-4-12-23-21-16-7-1-2-8-17(16)32(28,29)26-21)30-13-5-9-18-24-20(25-31-18)15-6-3-11-22-14-15/h1-3,6-8,11,14H,4-5,9-10,12-13H2,(H,23,26). The summed E-state index contributed by atoms with van der Waals surface area (Å²) in [5, 5.41) is 3.92. The number of ether oxygens (including phenoxy) is 1. The van der Waals surface area contributed by atoms with Gasteiger partial charge in [-0.05, 0) is 37.1 Å². The van der Waals surface area contributed by atoms with Crippen molar-refractivity contribution in [3.8, 4) is 11.4 Å². The van der Waals surface area contributed by atoms with Crippen molar-refractivity contribution >= 4 is 21.8 Å². The van der Waals surface area contributed by atoms with Gasteiger partial charge in [-0.3, -0.25) is 19.5 Å². The smallest absolute Gasteiger partial charge is 0.305 e. The number of carbonyl (C=O) groups excluding carboxylic acids is 1. The molecule has 0 aliphatic carbocycles. The molecule has 0 saturated carbocycles. The minimum Gasteiger partial charge on any atom is -0.466 e. The molecule has 11 heteroatoms. The molecule has 0 saturated heterocycles. The predicted molar refractivity (Wildman–Crippen MR) is 114 cm³/mol. The van der Waals surface area contributed by atoms with Crippen LogP contribution < -0.4 is 4.72 Å². The number of aryl methyl sites for hydroxylation is 1. The van der Waals surface area contributed by atoms with Crippen molar-refractivity contribution in [1.82, 2.24) is 19.8 Å². The molecule has 4 rings (SSSR count). The lowest BCUT2D eigenvalue weighted by molar-refractivity contribution is -0.143. The lowest BCUT2D eigenvalue weighted by Gasteiger charge is -2.03. The van der Waals surface area contributed by atoms with Crippen molar-refractivity contribution < 1.29 is 22.5 Å². The van der Waals surface area contributed by atoms with Crippen LogP contribution in [0.4, 0.5) is 0 Å². The van der Waals surface area contributed by atoms with Gasteiger partial charge in [0.15, 0.2) is 0 Å². The monoisotopic (exact) mass is 455 g/mol. The van der Waals surface area contributed by atoms with Crippen molar-refractivity contribution in [1.29, 1.82) is 0 Å². The summed E-state index contributed by atoms with van der Waals surface area (Å²) in [5.41, 5.74) is 1.31. The molecule has 1 aliphatic rings. The Balaban J connectivity index is 1.15. The molecule has 0 amide bonds. The Kier molecular flexibility index (Phi) is 6.55. The molecule has 0 atom stereocenters. The SMILES string of the molecule is O=C(CCCN=C1NS(=O)(=O)c2ccccc21)OCCCc1nc(-c2cccnc2)no1. The van der Waals surface area contributed by atoms with Crippen molar-refractivity contribution in [2.24, 2.45) is 4.99 Å². The summed E-state index contributed by atoms with van der Waals surface area (Å²) in [4.78, 5) is 24.7. The highest BCUT2D eigenvalue weighted by Gasteiger charge is 2.29. The lowest BCUT2D eigenvalue weighted by Crippen LogP contribution is -2.22. The minimum atomic E-state index is -3.55. The zero-order valence-corrected chi connectivity index (χ0v) is 17.9. The quantitative estimate of drug-likeness (QED) is 0.383. The number of pyridine rings is 1. The summed E-state index contributed by atoms with van der Waals surface area (Å²) in [6, 6.07) is 10.3. The molecular formula is C21H21N5O5S. The van der Waals surface area contributed by atoms with E-state index >= 15 is 0 Å². The average Bonchev–Trinajstić information content (AvgIpc) is 3.38. The number of hydrogen-bond acceptors (Lipinski definition) is 9. The number of carbonyl (C=O) groups is 1. The third-order valence-electron chi connectivity index (χ3n) is 4.66. The average molecular weight is 455 g/mol. The fourth-order valence-corrected chi connectivity index (χ4v) is 4.37. The molecule has 10 nitrogen and oxygen atoms in total. The Morgan fingerprint density at radius 1 is 1.16 bits per heavy atom. The van der Waals surface area contributed by atoms with Crippen LogP contribution in [0.3, 0.4) is 0 Å². The van der Waals surface area contributed by atoms with Crippen molar-refractivity contribution in [3.05, 3.63) is 60.2 Å². The molecule has 0 radical (unpaired) electrons. The van der Waals surface area contributed by atoms with Gasteiger partial charge in [0.05, 0.1) is 11.5 Å². The van der Waals surface area contributed by atoms with E-state index < -0.39 is 10.0 Å². The number of aromatic nitrogens is 3. The number of benzene rings is 1. The topological polar surface area (TPSA) is 137 Å². The van der Waals surface area contributed by atoms with Gasteiger partial charge in [-0.25, -0.2) is 8.42 Å². The van der Waals surface area contributed by atoms with Crippen molar-refractivity contribution in [2.75, 3.05) is 13.2 Å². The van der Waals surface area contributed by atoms with Gasteiger partial charge in [0.1, 0.15) is 5.84 Å². The number of fused-ring (bicyclic) bond motifs is 1. The zero-order chi connectivity index (χ0) is 22.4. The summed E-state index contributed by atoms with van der Waals surface area (Å²) in [6.07, 6.45) is 5.01. The van der Waals surface area contributed by atoms with Gasteiger partial charge in [0.2, 0.25) is 11.7 Å². The number of rotatable bonds is 9. The second-order valence-corrected chi connectivity index (χ2v) is 8.66. The van der Waals surface area contributed by atoms with Crippen molar-refractivity contribution in [3.63, 3.8) is 0 Å². The van der Waals surface area contributed by atoms with E-state index in [1.54, 1.807) is 36.7 Å². The van der Waals surface area contributed by atoms with Gasteiger partial charge in [0, 0.05) is 42.9 Å². The van der Waals surface area contributed by atoms with Gasteiger partial charge >= 0.3 is 5.97 Å². The second kappa shape index (κ2) is 9.69. The Labute approximate surface area is 184 Å². The number of nitrogens with one attached hydrogen (secondary N) is 1. The number of nitrogens with zero attached hydrogens (tertiary/aromatic N) is 4. The first-order valence-corrected chi connectivity index (χ1v) is 11.6. The van der Waals surface area contributed by atoms with Crippen LogP contribution in [0.2, 0.25) is 0 Å². The first kappa shape index (κ1) is 21.6. The van der Waals surface area contributed by atoms with Crippen LogP contribution in [0, 0.1) is 0 Å². The van der Waals surface area contributed by atoms with E-state index in [9.17, 15) is 13.2 Å². The van der Waals surface area contributed by atoms with E-state index in [0.29, 0.717) is 48.9 Å². The number of esters is 1. The molecule has 1 aromatic carbocycles. The Morgan fingerprint density at radius 2 is 2.03 bits per heavy atom. The van der Waals surface area contributed by atoms with Gasteiger partial charge < -0.3 is 9.26 Å². The predicted octanol–water partition coefficient (Wildman–Crippen LogP) is 2.13. The first-order chi connectivity index (χ1) is 15.5. The first-order valence-electron chi connectivity index (χ1n) is 10.1. The van der Waals surface area contributed by atoms with Crippen LogP contribution in [0.5, 0.6) is 0 Å². The summed E-state index contributed by atoms with van der Waals surface area (Å²) in [7, 11) is -3.55. The normalized spacial score (nSPS) is 15.3. The fourth-order valence-electron chi connectivity index (χ4n) is 3.12. The van der Waals surface area contributed by atoms with Crippen LogP contribution >= 0.6 is 0 Å². The third kappa shape index (κ3) is 5.17. The van der Waals surface area contributed by atoms with E-state index in [2.05, 4.69) is 24.8 Å². The maximum absolute atomic E-state index is 12.0. The molecule has 3 heterocycles. The Hall–Kier alpha value is -3.60. The fraction of sp³-hybridized carbons (Fsp3) is 0.286. The summed E-state index contributed by atoms with van der Waals surface area (Å²) in [6.45, 7) is 0.547. The van der Waals surface area contributed by atoms with E-state index in [1.807, 2.05) is 6.07 Å². The van der Waals surface area contributed by atoms with Gasteiger partial charge in [-0.1, -0.05) is 17.3 Å². The minimum absolute atomic E-state index is 0.191. The van der Waals surface area contributed by atoms with Gasteiger partial charge in [-0.15, -0.1) is 0 Å². The molecule has 0 bridgehead atoms. The molecule has 2 aromatic heterocycles. The largest absolute Gasteiger partial charge is 0.466 e. The maximum Gasteiger partial charge on any atom is 0.305 e. The number of aliphatic imine (C=N–C) groups is 1. The van der Waals surface area contributed by atoms with Crippen LogP contribution in [0.25, 0.3) is 11.4 Å². The molecule has 1 N–H and O–H groups in total. The lowest BCUT2D eigenvalue weighted by atomic mass is 10.2. The summed E-state index contributed by atoms with van der Waals surface area (Å²) in [5.74, 6) is 0.910. The van der Waals surface area contributed by atoms with E-state index in [-0.39, 0.29) is 23.9 Å². The molecule has 166 valence electrons. The van der Waals surface area contributed by atoms with Crippen LogP contribution in [-0.4, -0.2) is 48.5 Å². The molecule has 3 aromatic rings. The molecule has 0 spiro atoms. The Bertz CT molecular complexity index is 1220. The summed E-state index contributed by atoms with van der Waals surface area (Å²) < 4.78 is 36.9. The molecule has 32 heavy (non-hydrogen) atoms. The van der Waals surface area contributed by atoms with E-state index in [1.165, 1.54) is 6.07 Å². The summed E-state index contributed by atoms with van der Waals surface area (Å²) >= 11 is 0. The molecule has 0 unspecified atom stereocenters. The Morgan fingerprint density at radius 3 is 2.88 bits per heavy atom. The van der Waals surface area contributed by atoms with Crippen LogP contribution in [0.15, 0.2) is 63.2 Å². The highest BCUT2D eigenvalue weighted by Crippen LogP contribution is 2.22. The van der Waals surface area contributed by atoms with Crippen molar-refractivity contribution in [2.45, 2.75) is 30.6 Å². The van der Waals surface area contributed by atoms with E-state index in [4.69, 9.17) is 9.26 Å². The maximum atomic E-state index is 12.0. The number of sulfonamides is 1. The number of hydrogen-bond donors (Lipinski definition) is 1. The van der Waals surface area contributed by atoms with Gasteiger partial charge in [-0.2, -0.15) is 4.98 Å². The van der Waals surface area contributed by atoms with Crippen LogP contribution in [-0.2, 0) is 26.0 Å². The highest BCUT2D eigenvalue weighted by molar-refractivity contribution is 7.90. The molecule has 1 aliphatic heterocycles.